The second-order valence-electron chi connectivity index (χ2n) is 4.78. The lowest BCUT2D eigenvalue weighted by atomic mass is 10.1. The molecular weight excluding hydrogens is 309 g/mol. The predicted octanol–water partition coefficient (Wildman–Crippen LogP) is 3.52. The van der Waals surface area contributed by atoms with Gasteiger partial charge in [-0.05, 0) is 36.1 Å². The Kier molecular flexibility index (Phi) is 4.72. The number of benzene rings is 1. The standard InChI is InChI=1S/C14H16FN3OS2/c1-19-7-6-16-13-17-18-14(21-13)20-12-5-3-9-2-4-10(15)8-11(9)12/h2,4,8,12H,3,5-7H2,1H3,(H,16,17)/t12-/m1/s1. The topological polar surface area (TPSA) is 47.0 Å². The number of aromatic nitrogens is 2. The summed E-state index contributed by atoms with van der Waals surface area (Å²) in [4.78, 5) is 0. The predicted molar refractivity (Wildman–Crippen MR) is 83.6 cm³/mol. The first-order valence-corrected chi connectivity index (χ1v) is 8.47. The molecule has 1 aliphatic rings. The van der Waals surface area contributed by atoms with Gasteiger partial charge in [-0.2, -0.15) is 0 Å². The van der Waals surface area contributed by atoms with E-state index in [9.17, 15) is 4.39 Å². The van der Waals surface area contributed by atoms with E-state index in [4.69, 9.17) is 4.74 Å². The van der Waals surface area contributed by atoms with Gasteiger partial charge in [0.15, 0.2) is 4.34 Å². The molecule has 1 aromatic carbocycles. The van der Waals surface area contributed by atoms with Crippen LogP contribution < -0.4 is 5.32 Å². The maximum Gasteiger partial charge on any atom is 0.206 e. The second kappa shape index (κ2) is 6.72. The van der Waals surface area contributed by atoms with Crippen molar-refractivity contribution >= 4 is 28.2 Å². The van der Waals surface area contributed by atoms with Crippen LogP contribution in [-0.2, 0) is 11.2 Å². The zero-order valence-electron chi connectivity index (χ0n) is 11.6. The minimum Gasteiger partial charge on any atom is -0.383 e. The molecule has 0 saturated heterocycles. The lowest BCUT2D eigenvalue weighted by Crippen LogP contribution is -2.06. The van der Waals surface area contributed by atoms with Crippen molar-refractivity contribution in [1.29, 1.82) is 0 Å². The Bertz CT molecular complexity index is 620. The summed E-state index contributed by atoms with van der Waals surface area (Å²) in [5, 5.41) is 12.5. The van der Waals surface area contributed by atoms with Gasteiger partial charge >= 0.3 is 0 Å². The van der Waals surface area contributed by atoms with Crippen LogP contribution in [0.15, 0.2) is 22.5 Å². The molecule has 1 N–H and O–H groups in total. The van der Waals surface area contributed by atoms with Gasteiger partial charge in [-0.25, -0.2) is 4.39 Å². The molecule has 112 valence electrons. The Morgan fingerprint density at radius 3 is 3.24 bits per heavy atom. The molecule has 0 amide bonds. The highest BCUT2D eigenvalue weighted by molar-refractivity contribution is 8.01. The maximum atomic E-state index is 13.4. The zero-order valence-corrected chi connectivity index (χ0v) is 13.3. The average molecular weight is 325 g/mol. The lowest BCUT2D eigenvalue weighted by Gasteiger charge is -2.08. The first kappa shape index (κ1) is 14.7. The largest absolute Gasteiger partial charge is 0.383 e. The minimum atomic E-state index is -0.166. The summed E-state index contributed by atoms with van der Waals surface area (Å²) in [5.74, 6) is -0.166. The molecule has 21 heavy (non-hydrogen) atoms. The number of halogens is 1. The molecule has 0 saturated carbocycles. The number of aryl methyl sites for hydroxylation is 1. The van der Waals surface area contributed by atoms with E-state index in [1.54, 1.807) is 24.9 Å². The fourth-order valence-corrected chi connectivity index (χ4v) is 4.56. The SMILES string of the molecule is COCCNc1nnc(S[C@@H]2CCc3ccc(F)cc32)s1. The van der Waals surface area contributed by atoms with E-state index in [-0.39, 0.29) is 11.1 Å². The van der Waals surface area contributed by atoms with Crippen LogP contribution in [-0.4, -0.2) is 30.5 Å². The van der Waals surface area contributed by atoms with E-state index in [1.807, 2.05) is 6.07 Å². The summed E-state index contributed by atoms with van der Waals surface area (Å²) in [6.45, 7) is 1.35. The number of fused-ring (bicyclic) bond motifs is 1. The van der Waals surface area contributed by atoms with Crippen molar-refractivity contribution in [2.75, 3.05) is 25.6 Å². The molecule has 2 aromatic rings. The molecule has 7 heteroatoms. The molecule has 3 rings (SSSR count). The van der Waals surface area contributed by atoms with E-state index in [0.717, 1.165) is 27.9 Å². The van der Waals surface area contributed by atoms with Gasteiger partial charge in [0.1, 0.15) is 5.82 Å². The maximum absolute atomic E-state index is 13.4. The number of nitrogens with zero attached hydrogens (tertiary/aromatic N) is 2. The van der Waals surface area contributed by atoms with Gasteiger partial charge in [-0.3, -0.25) is 0 Å². The van der Waals surface area contributed by atoms with E-state index in [0.29, 0.717) is 13.2 Å². The number of hydrogen-bond acceptors (Lipinski definition) is 6. The number of rotatable bonds is 6. The van der Waals surface area contributed by atoms with Gasteiger partial charge in [0.05, 0.1) is 6.61 Å². The highest BCUT2D eigenvalue weighted by Crippen LogP contribution is 2.45. The van der Waals surface area contributed by atoms with E-state index in [2.05, 4.69) is 15.5 Å². The third-order valence-electron chi connectivity index (χ3n) is 3.36. The monoisotopic (exact) mass is 325 g/mol. The lowest BCUT2D eigenvalue weighted by molar-refractivity contribution is 0.211. The number of ether oxygens (including phenoxy) is 1. The quantitative estimate of drug-likeness (QED) is 0.824. The smallest absolute Gasteiger partial charge is 0.206 e. The van der Waals surface area contributed by atoms with Crippen LogP contribution in [0.1, 0.15) is 22.8 Å². The average Bonchev–Trinajstić information content (AvgIpc) is 3.07. The molecule has 0 bridgehead atoms. The van der Waals surface area contributed by atoms with Crippen LogP contribution in [0.5, 0.6) is 0 Å². The molecule has 1 aromatic heterocycles. The van der Waals surface area contributed by atoms with Crippen molar-refractivity contribution in [3.8, 4) is 0 Å². The van der Waals surface area contributed by atoms with Crippen molar-refractivity contribution in [2.24, 2.45) is 0 Å². The number of methoxy groups -OCH3 is 1. The molecular formula is C14H16FN3OS2. The first-order chi connectivity index (χ1) is 10.3. The van der Waals surface area contributed by atoms with Gasteiger partial charge in [0.2, 0.25) is 5.13 Å². The summed E-state index contributed by atoms with van der Waals surface area (Å²) in [7, 11) is 1.67. The Morgan fingerprint density at radius 1 is 1.48 bits per heavy atom. The Balaban J connectivity index is 1.64. The van der Waals surface area contributed by atoms with Crippen LogP contribution in [0, 0.1) is 5.82 Å². The van der Waals surface area contributed by atoms with Gasteiger partial charge in [-0.15, -0.1) is 10.2 Å². The normalized spacial score (nSPS) is 17.0. The van der Waals surface area contributed by atoms with Crippen LogP contribution in [0.3, 0.4) is 0 Å². The molecule has 1 atom stereocenters. The summed E-state index contributed by atoms with van der Waals surface area (Å²) < 4.78 is 19.3. The number of thioether (sulfide) groups is 1. The van der Waals surface area contributed by atoms with Crippen LogP contribution in [0.25, 0.3) is 0 Å². The molecule has 0 fully saturated rings. The molecule has 0 spiro atoms. The molecule has 0 radical (unpaired) electrons. The van der Waals surface area contributed by atoms with Crippen molar-refractivity contribution in [3.63, 3.8) is 0 Å². The number of nitrogens with one attached hydrogen (secondary N) is 1. The molecule has 0 unspecified atom stereocenters. The molecule has 4 nitrogen and oxygen atoms in total. The Morgan fingerprint density at radius 2 is 2.38 bits per heavy atom. The van der Waals surface area contributed by atoms with Gasteiger partial charge in [-0.1, -0.05) is 29.2 Å². The summed E-state index contributed by atoms with van der Waals surface area (Å²) >= 11 is 3.20. The highest BCUT2D eigenvalue weighted by atomic mass is 32.2. The van der Waals surface area contributed by atoms with Crippen molar-refractivity contribution in [1.82, 2.24) is 10.2 Å². The molecule has 1 heterocycles. The van der Waals surface area contributed by atoms with E-state index < -0.39 is 0 Å². The molecule has 0 aliphatic heterocycles. The van der Waals surface area contributed by atoms with Gasteiger partial charge in [0, 0.05) is 18.9 Å². The Hall–Kier alpha value is -1.18. The zero-order chi connectivity index (χ0) is 14.7. The van der Waals surface area contributed by atoms with Gasteiger partial charge < -0.3 is 10.1 Å². The van der Waals surface area contributed by atoms with Crippen molar-refractivity contribution in [3.05, 3.63) is 35.1 Å². The van der Waals surface area contributed by atoms with E-state index in [1.165, 1.54) is 23.0 Å². The third-order valence-corrected chi connectivity index (χ3v) is 5.63. The van der Waals surface area contributed by atoms with Crippen LogP contribution in [0.2, 0.25) is 0 Å². The fraction of sp³-hybridized carbons (Fsp3) is 0.429. The summed E-state index contributed by atoms with van der Waals surface area (Å²) in [6, 6.07) is 5.08. The van der Waals surface area contributed by atoms with E-state index >= 15 is 0 Å². The van der Waals surface area contributed by atoms with Crippen LogP contribution >= 0.6 is 23.1 Å². The Labute approximate surface area is 131 Å². The summed E-state index contributed by atoms with van der Waals surface area (Å²) in [5.41, 5.74) is 2.35. The number of anilines is 1. The molecule has 1 aliphatic carbocycles. The second-order valence-corrected chi connectivity index (χ2v) is 7.21. The summed E-state index contributed by atoms with van der Waals surface area (Å²) in [6.07, 6.45) is 2.03. The third kappa shape index (κ3) is 3.53. The van der Waals surface area contributed by atoms with Crippen LogP contribution in [0.4, 0.5) is 9.52 Å². The van der Waals surface area contributed by atoms with Crippen molar-refractivity contribution in [2.45, 2.75) is 22.4 Å². The fourth-order valence-electron chi connectivity index (χ4n) is 2.37. The van der Waals surface area contributed by atoms with Gasteiger partial charge in [0.25, 0.3) is 0 Å². The highest BCUT2D eigenvalue weighted by Gasteiger charge is 2.25. The number of hydrogen-bond donors (Lipinski definition) is 1. The first-order valence-electron chi connectivity index (χ1n) is 6.77. The minimum absolute atomic E-state index is 0.166. The van der Waals surface area contributed by atoms with Crippen molar-refractivity contribution < 1.29 is 9.13 Å².